The van der Waals surface area contributed by atoms with Crippen molar-refractivity contribution >= 4 is 18.6 Å². The molecule has 0 aliphatic rings. The SMILES string of the molecule is CCOP(=O)(OCC)c1ccc(C(F)(F)F)cc1[N+](=O)[O-]. The molecule has 0 N–H and O–H groups in total. The van der Waals surface area contributed by atoms with Gasteiger partial charge in [-0.1, -0.05) is 0 Å². The standard InChI is InChI=1S/C11H13F3NO5P/c1-3-19-21(18,20-4-2)10-6-5-8(11(12,13)14)7-9(10)15(16)17/h5-7H,3-4H2,1-2H3. The normalized spacial score (nSPS) is 12.4. The second-order valence-corrected chi connectivity index (χ2v) is 5.78. The van der Waals surface area contributed by atoms with E-state index in [1.807, 2.05) is 0 Å². The van der Waals surface area contributed by atoms with Crippen LogP contribution in [-0.4, -0.2) is 18.1 Å². The van der Waals surface area contributed by atoms with Crippen LogP contribution in [0, 0.1) is 10.1 Å². The first-order valence-corrected chi connectivity index (χ1v) is 7.45. The molecule has 0 heterocycles. The Labute approximate surface area is 118 Å². The van der Waals surface area contributed by atoms with Crippen molar-refractivity contribution in [2.75, 3.05) is 13.2 Å². The number of nitro benzene ring substituents is 1. The van der Waals surface area contributed by atoms with Gasteiger partial charge in [-0.05, 0) is 26.0 Å². The Balaban J connectivity index is 3.48. The Morgan fingerprint density at radius 3 is 2.14 bits per heavy atom. The molecule has 6 nitrogen and oxygen atoms in total. The van der Waals surface area contributed by atoms with E-state index in [9.17, 15) is 27.9 Å². The molecule has 0 aliphatic carbocycles. The predicted molar refractivity (Wildman–Crippen MR) is 68.6 cm³/mol. The third kappa shape index (κ3) is 4.03. The number of hydrogen-bond donors (Lipinski definition) is 0. The Hall–Kier alpha value is -1.44. The van der Waals surface area contributed by atoms with Crippen LogP contribution >= 0.6 is 7.60 Å². The average molecular weight is 327 g/mol. The van der Waals surface area contributed by atoms with Crippen molar-refractivity contribution in [3.05, 3.63) is 33.9 Å². The van der Waals surface area contributed by atoms with E-state index in [0.29, 0.717) is 12.1 Å². The lowest BCUT2D eigenvalue weighted by molar-refractivity contribution is -0.383. The summed E-state index contributed by atoms with van der Waals surface area (Å²) in [5.74, 6) is 0. The quantitative estimate of drug-likeness (QED) is 0.454. The minimum Gasteiger partial charge on any atom is -0.305 e. The van der Waals surface area contributed by atoms with E-state index >= 15 is 0 Å². The van der Waals surface area contributed by atoms with E-state index in [2.05, 4.69) is 0 Å². The maximum absolute atomic E-state index is 12.6. The second-order valence-electron chi connectivity index (χ2n) is 3.79. The van der Waals surface area contributed by atoms with Crippen LogP contribution < -0.4 is 5.30 Å². The van der Waals surface area contributed by atoms with Gasteiger partial charge in [-0.15, -0.1) is 0 Å². The van der Waals surface area contributed by atoms with E-state index < -0.39 is 35.3 Å². The number of nitrogens with zero attached hydrogens (tertiary/aromatic N) is 1. The van der Waals surface area contributed by atoms with Gasteiger partial charge in [-0.2, -0.15) is 13.2 Å². The average Bonchev–Trinajstić information content (AvgIpc) is 2.37. The molecule has 21 heavy (non-hydrogen) atoms. The predicted octanol–water partition coefficient (Wildman–Crippen LogP) is 3.51. The first-order chi connectivity index (χ1) is 9.65. The zero-order valence-corrected chi connectivity index (χ0v) is 12.1. The van der Waals surface area contributed by atoms with Crippen LogP contribution in [0.2, 0.25) is 0 Å². The highest BCUT2D eigenvalue weighted by Crippen LogP contribution is 2.49. The van der Waals surface area contributed by atoms with Crippen LogP contribution in [0.4, 0.5) is 18.9 Å². The fraction of sp³-hybridized carbons (Fsp3) is 0.455. The number of hydrogen-bond acceptors (Lipinski definition) is 5. The van der Waals surface area contributed by atoms with Crippen molar-refractivity contribution in [3.8, 4) is 0 Å². The Bertz CT molecular complexity index is 565. The van der Waals surface area contributed by atoms with Crippen molar-refractivity contribution in [2.45, 2.75) is 20.0 Å². The molecule has 0 spiro atoms. The van der Waals surface area contributed by atoms with Gasteiger partial charge in [0.1, 0.15) is 5.30 Å². The molecule has 0 saturated carbocycles. The molecule has 0 fully saturated rings. The van der Waals surface area contributed by atoms with Crippen LogP contribution in [0.1, 0.15) is 19.4 Å². The summed E-state index contributed by atoms with van der Waals surface area (Å²) < 4.78 is 60.1. The van der Waals surface area contributed by atoms with Crippen LogP contribution in [0.5, 0.6) is 0 Å². The van der Waals surface area contributed by atoms with Gasteiger partial charge >= 0.3 is 13.8 Å². The van der Waals surface area contributed by atoms with Crippen molar-refractivity contribution in [2.24, 2.45) is 0 Å². The topological polar surface area (TPSA) is 78.7 Å². The number of halogens is 3. The van der Waals surface area contributed by atoms with Crippen LogP contribution in [-0.2, 0) is 19.8 Å². The summed E-state index contributed by atoms with van der Waals surface area (Å²) in [5.41, 5.74) is -2.16. The molecule has 1 aromatic carbocycles. The molecule has 0 bridgehead atoms. The van der Waals surface area contributed by atoms with E-state index in [0.717, 1.165) is 6.07 Å². The van der Waals surface area contributed by atoms with Crippen molar-refractivity contribution in [1.82, 2.24) is 0 Å². The fourth-order valence-electron chi connectivity index (χ4n) is 1.59. The molecule has 0 radical (unpaired) electrons. The van der Waals surface area contributed by atoms with Crippen molar-refractivity contribution in [3.63, 3.8) is 0 Å². The van der Waals surface area contributed by atoms with Crippen LogP contribution in [0.25, 0.3) is 0 Å². The summed E-state index contributed by atoms with van der Waals surface area (Å²) in [5, 5.41) is 10.5. The molecule has 0 saturated heterocycles. The first-order valence-electron chi connectivity index (χ1n) is 5.91. The largest absolute Gasteiger partial charge is 0.416 e. The Kier molecular flexibility index (Phi) is 5.49. The monoisotopic (exact) mass is 327 g/mol. The molecular weight excluding hydrogens is 314 g/mol. The highest BCUT2D eigenvalue weighted by Gasteiger charge is 2.38. The molecule has 0 amide bonds. The van der Waals surface area contributed by atoms with Gasteiger partial charge in [0.2, 0.25) is 0 Å². The van der Waals surface area contributed by atoms with Gasteiger partial charge in [0.25, 0.3) is 5.69 Å². The summed E-state index contributed by atoms with van der Waals surface area (Å²) in [6.07, 6.45) is -4.75. The van der Waals surface area contributed by atoms with Crippen molar-refractivity contribution in [1.29, 1.82) is 0 Å². The Morgan fingerprint density at radius 1 is 1.24 bits per heavy atom. The summed E-state index contributed by atoms with van der Waals surface area (Å²) in [7, 11) is -4.04. The zero-order valence-electron chi connectivity index (χ0n) is 11.2. The summed E-state index contributed by atoms with van der Waals surface area (Å²) in [6.45, 7) is 2.83. The molecule has 1 rings (SSSR count). The van der Waals surface area contributed by atoms with E-state index in [1.165, 1.54) is 13.8 Å². The van der Waals surface area contributed by atoms with Gasteiger partial charge in [-0.3, -0.25) is 14.7 Å². The van der Waals surface area contributed by atoms with Crippen LogP contribution in [0.15, 0.2) is 18.2 Å². The lowest BCUT2D eigenvalue weighted by Gasteiger charge is -2.17. The summed E-state index contributed by atoms with van der Waals surface area (Å²) >= 11 is 0. The molecule has 0 atom stereocenters. The zero-order chi connectivity index (χ0) is 16.3. The minimum atomic E-state index is -4.75. The maximum atomic E-state index is 12.6. The molecule has 0 aliphatic heterocycles. The molecule has 0 aromatic heterocycles. The number of rotatable bonds is 6. The van der Waals surface area contributed by atoms with Crippen LogP contribution in [0.3, 0.4) is 0 Å². The highest BCUT2D eigenvalue weighted by molar-refractivity contribution is 7.62. The van der Waals surface area contributed by atoms with Gasteiger partial charge in [0.05, 0.1) is 23.7 Å². The molecular formula is C11H13F3NO5P. The number of nitro groups is 1. The number of benzene rings is 1. The number of alkyl halides is 3. The first kappa shape index (κ1) is 17.6. The maximum Gasteiger partial charge on any atom is 0.416 e. The summed E-state index contributed by atoms with van der Waals surface area (Å²) in [6, 6.07) is 1.68. The summed E-state index contributed by atoms with van der Waals surface area (Å²) in [4.78, 5) is 9.92. The molecule has 10 heteroatoms. The van der Waals surface area contributed by atoms with E-state index in [4.69, 9.17) is 9.05 Å². The third-order valence-electron chi connectivity index (χ3n) is 2.39. The molecule has 1 aromatic rings. The second kappa shape index (κ2) is 6.55. The van der Waals surface area contributed by atoms with Crippen molar-refractivity contribution < 1.29 is 31.7 Å². The van der Waals surface area contributed by atoms with E-state index in [-0.39, 0.29) is 13.2 Å². The van der Waals surface area contributed by atoms with Gasteiger partial charge in [-0.25, -0.2) is 0 Å². The van der Waals surface area contributed by atoms with Gasteiger partial charge in [0.15, 0.2) is 0 Å². The molecule has 0 unspecified atom stereocenters. The Morgan fingerprint density at radius 2 is 1.76 bits per heavy atom. The highest BCUT2D eigenvalue weighted by atomic mass is 31.2. The van der Waals surface area contributed by atoms with Gasteiger partial charge < -0.3 is 9.05 Å². The minimum absolute atomic E-state index is 0.0740. The van der Waals surface area contributed by atoms with E-state index in [1.54, 1.807) is 0 Å². The van der Waals surface area contributed by atoms with Gasteiger partial charge in [0, 0.05) is 6.07 Å². The fourth-order valence-corrected chi connectivity index (χ4v) is 3.31. The third-order valence-corrected chi connectivity index (χ3v) is 4.56. The molecule has 118 valence electrons. The lowest BCUT2D eigenvalue weighted by atomic mass is 10.2. The lowest BCUT2D eigenvalue weighted by Crippen LogP contribution is -2.17. The smallest absolute Gasteiger partial charge is 0.305 e.